The summed E-state index contributed by atoms with van der Waals surface area (Å²) in [6.45, 7) is 3.14. The van der Waals surface area contributed by atoms with Gasteiger partial charge in [-0.05, 0) is 31.0 Å². The lowest BCUT2D eigenvalue weighted by Gasteiger charge is -2.20. The van der Waals surface area contributed by atoms with Gasteiger partial charge in [0.2, 0.25) is 0 Å². The molecule has 0 radical (unpaired) electrons. The van der Waals surface area contributed by atoms with E-state index in [0.717, 1.165) is 13.0 Å². The summed E-state index contributed by atoms with van der Waals surface area (Å²) in [7, 11) is 0. The predicted molar refractivity (Wildman–Crippen MR) is 79.2 cm³/mol. The van der Waals surface area contributed by atoms with Gasteiger partial charge in [-0.3, -0.25) is 0 Å². The molecule has 2 nitrogen and oxygen atoms in total. The minimum Gasteiger partial charge on any atom is -0.396 e. The maximum absolute atomic E-state index is 8.92. The van der Waals surface area contributed by atoms with Gasteiger partial charge in [0.05, 0.1) is 6.04 Å². The summed E-state index contributed by atoms with van der Waals surface area (Å²) in [5, 5.41) is 12.4. The van der Waals surface area contributed by atoms with Crippen molar-refractivity contribution in [3.63, 3.8) is 0 Å². The normalized spacial score (nSPS) is 12.3. The zero-order valence-corrected chi connectivity index (χ0v) is 11.3. The van der Waals surface area contributed by atoms with Crippen molar-refractivity contribution in [2.75, 3.05) is 13.2 Å². The van der Waals surface area contributed by atoms with E-state index in [-0.39, 0.29) is 12.6 Å². The summed E-state index contributed by atoms with van der Waals surface area (Å²) in [5.74, 6) is 0. The van der Waals surface area contributed by atoms with Crippen LogP contribution in [0, 0.1) is 6.92 Å². The first-order valence-corrected chi connectivity index (χ1v) is 6.77. The highest BCUT2D eigenvalue weighted by Crippen LogP contribution is 2.22. The van der Waals surface area contributed by atoms with Crippen LogP contribution in [0.1, 0.15) is 29.2 Å². The van der Waals surface area contributed by atoms with Gasteiger partial charge in [0, 0.05) is 6.61 Å². The molecule has 2 aromatic carbocycles. The summed E-state index contributed by atoms with van der Waals surface area (Å²) in [4.78, 5) is 0. The van der Waals surface area contributed by atoms with E-state index in [9.17, 15) is 0 Å². The Balaban J connectivity index is 2.24. The first kappa shape index (κ1) is 13.8. The van der Waals surface area contributed by atoms with E-state index in [4.69, 9.17) is 5.11 Å². The van der Waals surface area contributed by atoms with Crippen molar-refractivity contribution in [1.82, 2.24) is 5.32 Å². The SMILES string of the molecule is Cc1cccc(C(NCCCO)c2ccccc2)c1. The topological polar surface area (TPSA) is 32.3 Å². The maximum atomic E-state index is 8.92. The largest absolute Gasteiger partial charge is 0.396 e. The zero-order valence-electron chi connectivity index (χ0n) is 11.3. The third-order valence-electron chi connectivity index (χ3n) is 3.19. The van der Waals surface area contributed by atoms with Gasteiger partial charge in [0.15, 0.2) is 0 Å². The molecule has 2 N–H and O–H groups in total. The molecule has 0 bridgehead atoms. The van der Waals surface area contributed by atoms with E-state index in [1.54, 1.807) is 0 Å². The number of aliphatic hydroxyl groups excluding tert-OH is 1. The van der Waals surface area contributed by atoms with Gasteiger partial charge in [-0.25, -0.2) is 0 Å². The summed E-state index contributed by atoms with van der Waals surface area (Å²) in [5.41, 5.74) is 3.79. The Bertz CT molecular complexity index is 496. The molecule has 1 unspecified atom stereocenters. The molecule has 0 aliphatic rings. The Morgan fingerprint density at radius 3 is 2.42 bits per heavy atom. The number of hydrogen-bond donors (Lipinski definition) is 2. The number of aliphatic hydroxyl groups is 1. The predicted octanol–water partition coefficient (Wildman–Crippen LogP) is 3.06. The highest BCUT2D eigenvalue weighted by molar-refractivity contribution is 5.33. The first-order chi connectivity index (χ1) is 9.31. The van der Waals surface area contributed by atoms with Gasteiger partial charge >= 0.3 is 0 Å². The quantitative estimate of drug-likeness (QED) is 0.778. The zero-order chi connectivity index (χ0) is 13.5. The molecule has 0 aromatic heterocycles. The van der Waals surface area contributed by atoms with Crippen LogP contribution in [0.25, 0.3) is 0 Å². The fourth-order valence-electron chi connectivity index (χ4n) is 2.25. The van der Waals surface area contributed by atoms with Crippen molar-refractivity contribution in [2.24, 2.45) is 0 Å². The fraction of sp³-hybridized carbons (Fsp3) is 0.294. The minimum absolute atomic E-state index is 0.188. The van der Waals surface area contributed by atoms with E-state index in [2.05, 4.69) is 60.8 Å². The Morgan fingerprint density at radius 2 is 1.74 bits per heavy atom. The van der Waals surface area contributed by atoms with Crippen LogP contribution in [0.15, 0.2) is 54.6 Å². The van der Waals surface area contributed by atoms with E-state index >= 15 is 0 Å². The van der Waals surface area contributed by atoms with Gasteiger partial charge in [-0.15, -0.1) is 0 Å². The second kappa shape index (κ2) is 7.07. The summed E-state index contributed by atoms with van der Waals surface area (Å²) in [6.07, 6.45) is 0.773. The maximum Gasteiger partial charge on any atom is 0.0576 e. The van der Waals surface area contributed by atoms with Crippen molar-refractivity contribution in [1.29, 1.82) is 0 Å². The average Bonchev–Trinajstić information content (AvgIpc) is 2.45. The molecule has 100 valence electrons. The van der Waals surface area contributed by atoms with Crippen LogP contribution >= 0.6 is 0 Å². The molecule has 19 heavy (non-hydrogen) atoms. The van der Waals surface area contributed by atoms with E-state index in [1.807, 2.05) is 6.07 Å². The van der Waals surface area contributed by atoms with E-state index in [0.29, 0.717) is 0 Å². The van der Waals surface area contributed by atoms with Crippen LogP contribution in [0.3, 0.4) is 0 Å². The average molecular weight is 255 g/mol. The summed E-state index contributed by atoms with van der Waals surface area (Å²) >= 11 is 0. The fourth-order valence-corrected chi connectivity index (χ4v) is 2.25. The molecule has 0 saturated heterocycles. The van der Waals surface area contributed by atoms with Crippen LogP contribution in [-0.4, -0.2) is 18.3 Å². The number of rotatable bonds is 6. The van der Waals surface area contributed by atoms with Gasteiger partial charge in [-0.2, -0.15) is 0 Å². The third kappa shape index (κ3) is 3.91. The van der Waals surface area contributed by atoms with Crippen LogP contribution in [-0.2, 0) is 0 Å². The number of nitrogens with one attached hydrogen (secondary N) is 1. The van der Waals surface area contributed by atoms with Crippen molar-refractivity contribution in [2.45, 2.75) is 19.4 Å². The molecule has 1 atom stereocenters. The Hall–Kier alpha value is -1.64. The van der Waals surface area contributed by atoms with E-state index in [1.165, 1.54) is 16.7 Å². The van der Waals surface area contributed by atoms with Crippen molar-refractivity contribution < 1.29 is 5.11 Å². The lowest BCUT2D eigenvalue weighted by molar-refractivity contribution is 0.284. The molecular formula is C17H21NO. The number of benzene rings is 2. The highest BCUT2D eigenvalue weighted by Gasteiger charge is 2.12. The Morgan fingerprint density at radius 1 is 1.00 bits per heavy atom. The monoisotopic (exact) mass is 255 g/mol. The molecule has 2 rings (SSSR count). The molecule has 0 fully saturated rings. The molecule has 2 heteroatoms. The second-order valence-corrected chi connectivity index (χ2v) is 4.79. The van der Waals surface area contributed by atoms with Gasteiger partial charge in [0.1, 0.15) is 0 Å². The summed E-state index contributed by atoms with van der Waals surface area (Å²) < 4.78 is 0. The number of aryl methyl sites for hydroxylation is 1. The standard InChI is InChI=1S/C17H21NO/c1-14-7-5-10-16(13-14)17(18-11-6-12-19)15-8-3-2-4-9-15/h2-5,7-10,13,17-19H,6,11-12H2,1H3. The summed E-state index contributed by atoms with van der Waals surface area (Å²) in [6, 6.07) is 19.2. The molecule has 0 saturated carbocycles. The van der Waals surface area contributed by atoms with Crippen LogP contribution in [0.5, 0.6) is 0 Å². The Labute approximate surface area is 115 Å². The van der Waals surface area contributed by atoms with Crippen LogP contribution in [0.4, 0.5) is 0 Å². The number of hydrogen-bond acceptors (Lipinski definition) is 2. The van der Waals surface area contributed by atoms with Gasteiger partial charge in [-0.1, -0.05) is 60.2 Å². The highest BCUT2D eigenvalue weighted by atomic mass is 16.3. The minimum atomic E-state index is 0.188. The Kier molecular flexibility index (Phi) is 5.13. The molecule has 0 amide bonds. The molecule has 0 heterocycles. The van der Waals surface area contributed by atoms with Gasteiger partial charge in [0.25, 0.3) is 0 Å². The molecule has 0 aliphatic heterocycles. The van der Waals surface area contributed by atoms with Crippen molar-refractivity contribution in [3.8, 4) is 0 Å². The second-order valence-electron chi connectivity index (χ2n) is 4.79. The molecular weight excluding hydrogens is 234 g/mol. The van der Waals surface area contributed by atoms with Crippen molar-refractivity contribution in [3.05, 3.63) is 71.3 Å². The molecule has 0 aliphatic carbocycles. The smallest absolute Gasteiger partial charge is 0.0576 e. The van der Waals surface area contributed by atoms with Crippen molar-refractivity contribution >= 4 is 0 Å². The van der Waals surface area contributed by atoms with E-state index < -0.39 is 0 Å². The lowest BCUT2D eigenvalue weighted by Crippen LogP contribution is -2.24. The van der Waals surface area contributed by atoms with Crippen LogP contribution in [0.2, 0.25) is 0 Å². The first-order valence-electron chi connectivity index (χ1n) is 6.77. The van der Waals surface area contributed by atoms with Gasteiger partial charge < -0.3 is 10.4 Å². The third-order valence-corrected chi connectivity index (χ3v) is 3.19. The lowest BCUT2D eigenvalue weighted by atomic mass is 9.97. The van der Waals surface area contributed by atoms with Crippen LogP contribution < -0.4 is 5.32 Å². The molecule has 0 spiro atoms. The molecule has 2 aromatic rings.